The van der Waals surface area contributed by atoms with Gasteiger partial charge >= 0.3 is 176 Å². The van der Waals surface area contributed by atoms with Crippen molar-refractivity contribution in [2.24, 2.45) is 0 Å². The van der Waals surface area contributed by atoms with E-state index in [4.69, 9.17) is 0 Å². The fraction of sp³-hybridized carbons (Fsp3) is 0. The number of rotatable bonds is 4. The van der Waals surface area contributed by atoms with Crippen LogP contribution in [0.15, 0.2) is 107 Å². The zero-order valence-electron chi connectivity index (χ0n) is 13.8. The summed E-state index contributed by atoms with van der Waals surface area (Å²) in [6, 6.07) is 34.5. The average Bonchev–Trinajstić information content (AvgIpc) is 2.69. The van der Waals surface area contributed by atoms with Crippen molar-refractivity contribution >= 4 is 69.0 Å². The second-order valence-electron chi connectivity index (χ2n) is 5.81. The van der Waals surface area contributed by atoms with Crippen LogP contribution in [0.2, 0.25) is 0 Å². The molecule has 0 aliphatic heterocycles. The molecule has 0 nitrogen and oxygen atoms in total. The van der Waals surface area contributed by atoms with Gasteiger partial charge in [0.05, 0.1) is 0 Å². The zero-order valence-corrected chi connectivity index (χ0v) is 20.1. The van der Waals surface area contributed by atoms with E-state index >= 15 is 0 Å². The second-order valence-corrected chi connectivity index (χ2v) is 31.1. The van der Waals surface area contributed by atoms with Crippen LogP contribution in [0.1, 0.15) is 0 Å². The van der Waals surface area contributed by atoms with Crippen LogP contribution in [0.4, 0.5) is 0 Å². The summed E-state index contributed by atoms with van der Waals surface area (Å²) in [6.07, 6.45) is 0. The Morgan fingerprint density at radius 3 is 1.92 bits per heavy atom. The molecule has 130 valence electrons. The molecule has 4 aromatic carbocycles. The molecular weight excluding hydrogens is 584 g/mol. The topological polar surface area (TPSA) is 0 Å². The van der Waals surface area contributed by atoms with E-state index in [1.165, 1.54) is 27.8 Å². The van der Waals surface area contributed by atoms with E-state index in [2.05, 4.69) is 123 Å². The van der Waals surface area contributed by atoms with Crippen molar-refractivity contribution in [1.82, 2.24) is 0 Å². The van der Waals surface area contributed by atoms with Crippen LogP contribution < -0.4 is 7.22 Å². The van der Waals surface area contributed by atoms with Crippen LogP contribution >= 0.6 is 37.3 Å². The average molecular weight is 600 g/mol. The Labute approximate surface area is 174 Å². The molecule has 0 unspecified atom stereocenters. The van der Waals surface area contributed by atoms with Gasteiger partial charge in [-0.2, -0.15) is 0 Å². The molecule has 0 bridgehead atoms. The normalized spacial score (nSPS) is 12.2. The Morgan fingerprint density at radius 1 is 0.615 bits per heavy atom. The summed E-state index contributed by atoms with van der Waals surface area (Å²) in [5.74, 6) is 0. The molecule has 0 saturated heterocycles. The van der Waals surface area contributed by atoms with Gasteiger partial charge in [-0.1, -0.05) is 0 Å². The maximum absolute atomic E-state index is 4.14. The first-order chi connectivity index (χ1) is 12.7. The fourth-order valence-corrected chi connectivity index (χ4v) is 14.9. The van der Waals surface area contributed by atoms with Crippen LogP contribution in [0, 0.1) is 0 Å². The molecule has 0 heterocycles. The Morgan fingerprint density at radius 2 is 1.23 bits per heavy atom. The van der Waals surface area contributed by atoms with Gasteiger partial charge in [0.25, 0.3) is 0 Å². The molecule has 0 aliphatic rings. The molecular formula is C22H16Br2STe. The van der Waals surface area contributed by atoms with Gasteiger partial charge in [0, 0.05) is 0 Å². The van der Waals surface area contributed by atoms with E-state index in [9.17, 15) is 0 Å². The van der Waals surface area contributed by atoms with Crippen molar-refractivity contribution in [2.75, 3.05) is 0 Å². The predicted molar refractivity (Wildman–Crippen MR) is 124 cm³/mol. The van der Waals surface area contributed by atoms with E-state index in [-0.39, 0.29) is 0 Å². The van der Waals surface area contributed by atoms with Crippen molar-refractivity contribution in [2.45, 2.75) is 9.79 Å². The number of halogens is 2. The summed E-state index contributed by atoms with van der Waals surface area (Å²) in [6.45, 7) is 0. The van der Waals surface area contributed by atoms with Crippen LogP contribution in [0.5, 0.6) is 0 Å². The monoisotopic (exact) mass is 600 g/mol. The molecule has 0 atom stereocenters. The van der Waals surface area contributed by atoms with E-state index in [0.717, 1.165) is 0 Å². The molecule has 0 aromatic heterocycles. The van der Waals surface area contributed by atoms with Gasteiger partial charge in [-0.3, -0.25) is 0 Å². The van der Waals surface area contributed by atoms with Crippen molar-refractivity contribution in [3.05, 3.63) is 97.1 Å². The third-order valence-corrected chi connectivity index (χ3v) is 19.9. The van der Waals surface area contributed by atoms with Crippen molar-refractivity contribution in [3.63, 3.8) is 0 Å². The molecule has 4 rings (SSSR count). The van der Waals surface area contributed by atoms with Gasteiger partial charge < -0.3 is 0 Å². The van der Waals surface area contributed by atoms with E-state index in [1.54, 1.807) is 0 Å². The maximum atomic E-state index is 4.14. The van der Waals surface area contributed by atoms with Gasteiger partial charge in [-0.25, -0.2) is 0 Å². The van der Waals surface area contributed by atoms with E-state index in [1.807, 2.05) is 11.8 Å². The SMILES string of the molecule is Br[Te](Br)(c1ccccc1)c1cccc2cccc(Sc3ccccc3)c12. The molecule has 0 fully saturated rings. The number of hydrogen-bond acceptors (Lipinski definition) is 1. The van der Waals surface area contributed by atoms with Gasteiger partial charge in [-0.05, 0) is 0 Å². The molecule has 0 aliphatic carbocycles. The number of fused-ring (bicyclic) bond motifs is 1. The quantitative estimate of drug-likeness (QED) is 0.247. The second kappa shape index (κ2) is 8.08. The number of benzene rings is 4. The molecule has 0 saturated carbocycles. The van der Waals surface area contributed by atoms with Crippen LogP contribution in [-0.4, -0.2) is 13.8 Å². The molecule has 4 heteroatoms. The van der Waals surface area contributed by atoms with E-state index in [0.29, 0.717) is 0 Å². The first-order valence-corrected chi connectivity index (χ1v) is 21.8. The Balaban J connectivity index is 1.91. The minimum atomic E-state index is -2.79. The first kappa shape index (κ1) is 18.6. The fourth-order valence-electron chi connectivity index (χ4n) is 2.91. The zero-order chi connectivity index (χ0) is 18.0. The van der Waals surface area contributed by atoms with Crippen molar-refractivity contribution in [1.29, 1.82) is 0 Å². The minimum absolute atomic E-state index is 1.26. The van der Waals surface area contributed by atoms with Gasteiger partial charge in [0.15, 0.2) is 0 Å². The summed E-state index contributed by atoms with van der Waals surface area (Å²) in [7, 11) is 0. The van der Waals surface area contributed by atoms with Crippen LogP contribution in [0.3, 0.4) is 0 Å². The Kier molecular flexibility index (Phi) is 5.78. The molecule has 0 amide bonds. The Hall–Kier alpha value is -0.760. The molecule has 0 spiro atoms. The van der Waals surface area contributed by atoms with Crippen molar-refractivity contribution < 1.29 is 0 Å². The standard InChI is InChI=1S/C22H16Br2STe/c23-26(24,19-13-5-2-6-14-19)21-16-8-10-17-9-7-15-20(22(17)21)25-18-11-3-1-4-12-18/h1-16H. The van der Waals surface area contributed by atoms with Gasteiger partial charge in [0.2, 0.25) is 0 Å². The summed E-state index contributed by atoms with van der Waals surface area (Å²) in [4.78, 5) is 2.56. The summed E-state index contributed by atoms with van der Waals surface area (Å²) < 4.78 is 2.76. The van der Waals surface area contributed by atoms with Crippen LogP contribution in [-0.2, 0) is 0 Å². The van der Waals surface area contributed by atoms with Crippen LogP contribution in [0.25, 0.3) is 10.8 Å². The molecule has 26 heavy (non-hydrogen) atoms. The molecule has 0 N–H and O–H groups in total. The number of hydrogen-bond donors (Lipinski definition) is 0. The van der Waals surface area contributed by atoms with E-state index < -0.39 is 13.8 Å². The third kappa shape index (κ3) is 3.77. The summed E-state index contributed by atoms with van der Waals surface area (Å²) in [5, 5.41) is 2.64. The predicted octanol–water partition coefficient (Wildman–Crippen LogP) is 6.34. The molecule has 0 radical (unpaired) electrons. The van der Waals surface area contributed by atoms with Crippen molar-refractivity contribution in [3.8, 4) is 0 Å². The molecule has 4 aromatic rings. The van der Waals surface area contributed by atoms with Gasteiger partial charge in [0.1, 0.15) is 0 Å². The summed E-state index contributed by atoms with van der Waals surface area (Å²) >= 11 is 7.31. The third-order valence-electron chi connectivity index (χ3n) is 4.11. The Bertz CT molecular complexity index is 1030. The first-order valence-electron chi connectivity index (χ1n) is 8.18. The van der Waals surface area contributed by atoms with Gasteiger partial charge in [-0.15, -0.1) is 0 Å². The summed E-state index contributed by atoms with van der Waals surface area (Å²) in [5.41, 5.74) is 0.